The van der Waals surface area contributed by atoms with Crippen molar-refractivity contribution < 1.29 is 14.3 Å². The van der Waals surface area contributed by atoms with E-state index in [1.165, 1.54) is 0 Å². The monoisotopic (exact) mass is 396 g/mol. The summed E-state index contributed by atoms with van der Waals surface area (Å²) in [4.78, 5) is 33.9. The summed E-state index contributed by atoms with van der Waals surface area (Å²) in [5.74, 6) is 0.408. The molecule has 0 radical (unpaired) electrons. The van der Waals surface area contributed by atoms with Crippen LogP contribution in [0.4, 0.5) is 11.4 Å². The summed E-state index contributed by atoms with van der Waals surface area (Å²) in [6.45, 7) is 2.60. The normalized spacial score (nSPS) is 13.8. The number of carbonyl (C=O) groups excluding carboxylic acids is 2. The predicted octanol–water partition coefficient (Wildman–Crippen LogP) is 3.83. The summed E-state index contributed by atoms with van der Waals surface area (Å²) in [6, 6.07) is 7.06. The number of hydrogen-bond acceptors (Lipinski definition) is 5. The molecule has 4 rings (SSSR count). The zero-order chi connectivity index (χ0) is 19.7. The highest BCUT2D eigenvalue weighted by atomic mass is 32.1. The molecular formula is C20H20N4O3S. The molecule has 0 unspecified atom stereocenters. The minimum absolute atomic E-state index is 0.0642. The highest BCUT2D eigenvalue weighted by Crippen LogP contribution is 2.34. The van der Waals surface area contributed by atoms with Gasteiger partial charge in [-0.25, -0.2) is 4.98 Å². The third-order valence-corrected chi connectivity index (χ3v) is 5.42. The molecule has 1 aliphatic rings. The number of aromatic nitrogens is 2. The van der Waals surface area contributed by atoms with Crippen molar-refractivity contribution in [1.82, 2.24) is 9.97 Å². The zero-order valence-electron chi connectivity index (χ0n) is 15.6. The first-order chi connectivity index (χ1) is 13.5. The number of hydrogen-bond donors (Lipinski definition) is 2. The van der Waals surface area contributed by atoms with E-state index in [0.29, 0.717) is 35.8 Å². The first-order valence-electron chi connectivity index (χ1n) is 8.96. The number of aryl methyl sites for hydroxylation is 1. The van der Waals surface area contributed by atoms with E-state index in [1.54, 1.807) is 53.8 Å². The number of anilines is 2. The average molecular weight is 396 g/mol. The van der Waals surface area contributed by atoms with E-state index in [1.807, 2.05) is 12.3 Å². The third kappa shape index (κ3) is 3.50. The number of nitrogens with one attached hydrogen (secondary N) is 2. The third-order valence-electron chi connectivity index (χ3n) is 4.64. The van der Waals surface area contributed by atoms with Crippen LogP contribution in [0, 0.1) is 6.92 Å². The van der Waals surface area contributed by atoms with Gasteiger partial charge in [0.15, 0.2) is 0 Å². The number of benzene rings is 1. The number of ether oxygens (including phenoxy) is 1. The topological polar surface area (TPSA) is 87.3 Å². The molecule has 0 aliphatic carbocycles. The number of H-pyrrole nitrogens is 1. The number of aromatic amines is 1. The summed E-state index contributed by atoms with van der Waals surface area (Å²) < 4.78 is 5.39. The fourth-order valence-corrected chi connectivity index (χ4v) is 3.87. The Morgan fingerprint density at radius 3 is 2.89 bits per heavy atom. The van der Waals surface area contributed by atoms with Crippen LogP contribution in [0.2, 0.25) is 0 Å². The summed E-state index contributed by atoms with van der Waals surface area (Å²) in [6.07, 6.45) is 3.12. The molecule has 28 heavy (non-hydrogen) atoms. The summed E-state index contributed by atoms with van der Waals surface area (Å²) in [7, 11) is 1.57. The van der Waals surface area contributed by atoms with E-state index in [2.05, 4.69) is 15.3 Å². The molecule has 7 nitrogen and oxygen atoms in total. The Balaban J connectivity index is 1.55. The molecule has 3 aromatic rings. The maximum Gasteiger partial charge on any atom is 0.272 e. The Hall–Kier alpha value is -3.13. The van der Waals surface area contributed by atoms with E-state index in [4.69, 9.17) is 4.74 Å². The van der Waals surface area contributed by atoms with Gasteiger partial charge in [0, 0.05) is 35.8 Å². The van der Waals surface area contributed by atoms with Gasteiger partial charge in [-0.2, -0.15) is 0 Å². The largest absolute Gasteiger partial charge is 0.495 e. The second-order valence-electron chi connectivity index (χ2n) is 6.54. The van der Waals surface area contributed by atoms with Crippen LogP contribution < -0.4 is 15.0 Å². The zero-order valence-corrected chi connectivity index (χ0v) is 16.4. The average Bonchev–Trinajstić information content (AvgIpc) is 3.42. The van der Waals surface area contributed by atoms with Gasteiger partial charge in [0.1, 0.15) is 11.4 Å². The molecule has 1 aliphatic heterocycles. The van der Waals surface area contributed by atoms with E-state index >= 15 is 0 Å². The Bertz CT molecular complexity index is 1040. The van der Waals surface area contributed by atoms with Crippen molar-refractivity contribution in [3.05, 3.63) is 46.5 Å². The molecule has 2 N–H and O–H groups in total. The Morgan fingerprint density at radius 2 is 2.21 bits per heavy atom. The predicted molar refractivity (Wildman–Crippen MR) is 109 cm³/mol. The van der Waals surface area contributed by atoms with Crippen LogP contribution in [-0.2, 0) is 4.79 Å². The van der Waals surface area contributed by atoms with Gasteiger partial charge in [-0.05, 0) is 37.6 Å². The van der Waals surface area contributed by atoms with Crippen LogP contribution in [0.25, 0.3) is 11.3 Å². The lowest BCUT2D eigenvalue weighted by Crippen LogP contribution is -2.24. The van der Waals surface area contributed by atoms with Crippen molar-refractivity contribution in [3.8, 4) is 17.0 Å². The van der Waals surface area contributed by atoms with Gasteiger partial charge in [-0.3, -0.25) is 9.59 Å². The van der Waals surface area contributed by atoms with Crippen molar-refractivity contribution >= 4 is 34.5 Å². The van der Waals surface area contributed by atoms with Crippen molar-refractivity contribution in [2.24, 2.45) is 0 Å². The molecular weight excluding hydrogens is 376 g/mol. The van der Waals surface area contributed by atoms with Crippen LogP contribution in [0.5, 0.6) is 5.75 Å². The fourth-order valence-electron chi connectivity index (χ4n) is 3.25. The number of thiazole rings is 1. The van der Waals surface area contributed by atoms with Crippen LogP contribution in [-0.4, -0.2) is 35.4 Å². The molecule has 0 spiro atoms. The van der Waals surface area contributed by atoms with Crippen LogP contribution in [0.15, 0.2) is 35.8 Å². The molecule has 2 amide bonds. The first kappa shape index (κ1) is 18.2. The van der Waals surface area contributed by atoms with Gasteiger partial charge in [0.25, 0.3) is 5.91 Å². The van der Waals surface area contributed by atoms with Crippen molar-refractivity contribution in [2.45, 2.75) is 19.8 Å². The Labute approximate surface area is 166 Å². The Morgan fingerprint density at radius 1 is 1.36 bits per heavy atom. The molecule has 144 valence electrons. The molecule has 0 bridgehead atoms. The molecule has 0 atom stereocenters. The number of nitrogens with zero attached hydrogens (tertiary/aromatic N) is 2. The molecule has 8 heteroatoms. The highest BCUT2D eigenvalue weighted by molar-refractivity contribution is 7.09. The molecule has 3 heterocycles. The van der Waals surface area contributed by atoms with E-state index in [0.717, 1.165) is 22.7 Å². The van der Waals surface area contributed by atoms with Gasteiger partial charge in [0.2, 0.25) is 5.91 Å². The summed E-state index contributed by atoms with van der Waals surface area (Å²) in [5.41, 5.74) is 3.43. The van der Waals surface area contributed by atoms with Crippen molar-refractivity contribution in [1.29, 1.82) is 0 Å². The van der Waals surface area contributed by atoms with Gasteiger partial charge >= 0.3 is 0 Å². The molecule has 1 aromatic carbocycles. The minimum atomic E-state index is -0.262. The van der Waals surface area contributed by atoms with Gasteiger partial charge in [-0.15, -0.1) is 11.3 Å². The smallest absolute Gasteiger partial charge is 0.272 e. The number of methoxy groups -OCH3 is 1. The van der Waals surface area contributed by atoms with Crippen LogP contribution >= 0.6 is 11.3 Å². The second-order valence-corrected chi connectivity index (χ2v) is 7.61. The number of amides is 2. The lowest BCUT2D eigenvalue weighted by Gasteiger charge is -2.20. The SMILES string of the molecule is COc1ccc(NC(=O)c2cc(-c3csc(C)n3)c[nH]2)cc1N1CCCC1=O. The number of carbonyl (C=O) groups is 2. The standard InChI is InChI=1S/C20H20N4O3S/c1-12-22-16(11-28-12)13-8-15(21-10-13)20(26)23-14-5-6-18(27-2)17(9-14)24-7-3-4-19(24)25/h5-6,8-11,21H,3-4,7H2,1-2H3,(H,23,26). The highest BCUT2D eigenvalue weighted by Gasteiger charge is 2.25. The van der Waals surface area contributed by atoms with Crippen molar-refractivity contribution in [2.75, 3.05) is 23.9 Å². The Kier molecular flexibility index (Phi) is 4.87. The van der Waals surface area contributed by atoms with Gasteiger partial charge in [0.05, 0.1) is 23.5 Å². The van der Waals surface area contributed by atoms with E-state index < -0.39 is 0 Å². The minimum Gasteiger partial charge on any atom is -0.495 e. The first-order valence-corrected chi connectivity index (χ1v) is 9.84. The summed E-state index contributed by atoms with van der Waals surface area (Å²) in [5, 5.41) is 5.81. The maximum absolute atomic E-state index is 12.6. The maximum atomic E-state index is 12.6. The quantitative estimate of drug-likeness (QED) is 0.686. The lowest BCUT2D eigenvalue weighted by molar-refractivity contribution is -0.117. The van der Waals surface area contributed by atoms with E-state index in [-0.39, 0.29) is 11.8 Å². The fraction of sp³-hybridized carbons (Fsp3) is 0.250. The lowest BCUT2D eigenvalue weighted by atomic mass is 10.2. The molecule has 2 aromatic heterocycles. The van der Waals surface area contributed by atoms with Gasteiger partial charge < -0.3 is 19.9 Å². The molecule has 1 saturated heterocycles. The molecule has 0 saturated carbocycles. The van der Waals surface area contributed by atoms with Crippen LogP contribution in [0.3, 0.4) is 0 Å². The molecule has 1 fully saturated rings. The van der Waals surface area contributed by atoms with Gasteiger partial charge in [-0.1, -0.05) is 0 Å². The van der Waals surface area contributed by atoms with Crippen molar-refractivity contribution in [3.63, 3.8) is 0 Å². The van der Waals surface area contributed by atoms with Crippen LogP contribution in [0.1, 0.15) is 28.3 Å². The van der Waals surface area contributed by atoms with E-state index in [9.17, 15) is 9.59 Å². The number of rotatable bonds is 5. The summed E-state index contributed by atoms with van der Waals surface area (Å²) >= 11 is 1.57. The second kappa shape index (κ2) is 7.47.